The molecule has 196 valence electrons. The van der Waals surface area contributed by atoms with Crippen molar-refractivity contribution in [2.45, 2.75) is 84.2 Å². The summed E-state index contributed by atoms with van der Waals surface area (Å²) in [5, 5.41) is 13.3. The molecule has 4 rings (SSSR count). The molecule has 0 radical (unpaired) electrons. The lowest BCUT2D eigenvalue weighted by Crippen LogP contribution is -2.54. The average molecular weight is 521 g/mol. The van der Waals surface area contributed by atoms with Crippen LogP contribution in [0, 0.1) is 19.8 Å². The normalized spacial score (nSPS) is 22.0. The van der Waals surface area contributed by atoms with Gasteiger partial charge >= 0.3 is 5.97 Å². The highest BCUT2D eigenvalue weighted by Gasteiger charge is 2.60. The van der Waals surface area contributed by atoms with E-state index in [9.17, 15) is 14.7 Å². The summed E-state index contributed by atoms with van der Waals surface area (Å²) in [6, 6.07) is 5.14. The van der Waals surface area contributed by atoms with Gasteiger partial charge in [0.25, 0.3) is 5.91 Å². The van der Waals surface area contributed by atoms with Gasteiger partial charge in [0.1, 0.15) is 10.5 Å². The highest BCUT2D eigenvalue weighted by molar-refractivity contribution is 7.09. The van der Waals surface area contributed by atoms with Crippen molar-refractivity contribution in [1.29, 1.82) is 0 Å². The zero-order valence-corrected chi connectivity index (χ0v) is 23.5. The van der Waals surface area contributed by atoms with Crippen LogP contribution in [-0.2, 0) is 10.2 Å². The fourth-order valence-electron chi connectivity index (χ4n) is 5.78. The summed E-state index contributed by atoms with van der Waals surface area (Å²) < 4.78 is 0. The van der Waals surface area contributed by atoms with Crippen molar-refractivity contribution in [1.82, 2.24) is 19.9 Å². The quantitative estimate of drug-likeness (QED) is 0.423. The van der Waals surface area contributed by atoms with E-state index in [4.69, 9.17) is 0 Å². The van der Waals surface area contributed by atoms with Crippen molar-refractivity contribution in [3.8, 4) is 0 Å². The predicted molar refractivity (Wildman–Crippen MR) is 145 cm³/mol. The highest BCUT2D eigenvalue weighted by Crippen LogP contribution is 2.54. The number of aryl methyl sites for hydroxylation is 2. The van der Waals surface area contributed by atoms with Gasteiger partial charge < -0.3 is 10.0 Å². The number of benzene rings is 1. The molecule has 0 unspecified atom stereocenters. The lowest BCUT2D eigenvalue weighted by molar-refractivity contribution is -0.150. The molecule has 2 aromatic heterocycles. The van der Waals surface area contributed by atoms with Crippen LogP contribution >= 0.6 is 11.3 Å². The van der Waals surface area contributed by atoms with Crippen LogP contribution in [0.4, 0.5) is 0 Å². The third kappa shape index (κ3) is 5.04. The van der Waals surface area contributed by atoms with E-state index in [-0.39, 0.29) is 29.6 Å². The first kappa shape index (κ1) is 26.9. The number of aromatic nitrogens is 3. The molecule has 1 aliphatic rings. The molecule has 1 aromatic carbocycles. The van der Waals surface area contributed by atoms with Gasteiger partial charge in [0.05, 0.1) is 17.4 Å². The molecule has 0 aliphatic carbocycles. The Kier molecular flexibility index (Phi) is 7.25. The molecule has 3 heterocycles. The Bertz CT molecular complexity index is 1280. The SMILES string of the molecule is Cc1cnc([C@H]2C[C@@](CC(C)C)(C(=O)O)N(C(=O)c3ccc(C(C)(C)C)c(C)c3)[C@H]2c2nccs2)cn1. The van der Waals surface area contributed by atoms with Crippen LogP contribution < -0.4 is 0 Å². The second-order valence-electron chi connectivity index (χ2n) is 11.6. The third-order valence-corrected chi connectivity index (χ3v) is 8.05. The number of carbonyl (C=O) groups excluding carboxylic acids is 1. The van der Waals surface area contributed by atoms with Gasteiger partial charge in [-0.2, -0.15) is 0 Å². The Hall–Kier alpha value is -3.13. The number of amides is 1. The van der Waals surface area contributed by atoms with E-state index in [0.717, 1.165) is 16.8 Å². The molecule has 7 nitrogen and oxygen atoms in total. The van der Waals surface area contributed by atoms with Crippen molar-refractivity contribution in [2.24, 2.45) is 5.92 Å². The van der Waals surface area contributed by atoms with Crippen LogP contribution in [0.25, 0.3) is 0 Å². The topological polar surface area (TPSA) is 96.3 Å². The lowest BCUT2D eigenvalue weighted by atomic mass is 9.82. The molecule has 1 saturated heterocycles. The first-order chi connectivity index (χ1) is 17.3. The van der Waals surface area contributed by atoms with Gasteiger partial charge in [-0.1, -0.05) is 40.7 Å². The molecule has 0 bridgehead atoms. The summed E-state index contributed by atoms with van der Waals surface area (Å²) in [5.74, 6) is -1.60. The number of likely N-dealkylation sites (tertiary alicyclic amines) is 1. The highest BCUT2D eigenvalue weighted by atomic mass is 32.1. The first-order valence-electron chi connectivity index (χ1n) is 12.7. The van der Waals surface area contributed by atoms with Gasteiger partial charge in [-0.15, -0.1) is 11.3 Å². The molecule has 3 aromatic rings. The molecule has 0 saturated carbocycles. The number of carboxylic acids is 1. The van der Waals surface area contributed by atoms with Crippen molar-refractivity contribution >= 4 is 23.2 Å². The maximum absolute atomic E-state index is 14.4. The summed E-state index contributed by atoms with van der Waals surface area (Å²) in [4.78, 5) is 42.8. The second kappa shape index (κ2) is 9.97. The van der Waals surface area contributed by atoms with Crippen LogP contribution in [-0.4, -0.2) is 42.4 Å². The fraction of sp³-hybridized carbons (Fsp3) is 0.483. The van der Waals surface area contributed by atoms with E-state index in [2.05, 4.69) is 35.7 Å². The number of hydrogen-bond donors (Lipinski definition) is 1. The Morgan fingerprint density at radius 3 is 2.41 bits per heavy atom. The monoisotopic (exact) mass is 520 g/mol. The molecule has 1 N–H and O–H groups in total. The molecule has 3 atom stereocenters. The molecule has 8 heteroatoms. The van der Waals surface area contributed by atoms with Crippen molar-refractivity contribution in [2.75, 3.05) is 0 Å². The number of rotatable bonds is 6. The van der Waals surface area contributed by atoms with Crippen LogP contribution in [0.2, 0.25) is 0 Å². The minimum Gasteiger partial charge on any atom is -0.479 e. The minimum atomic E-state index is -1.41. The van der Waals surface area contributed by atoms with Gasteiger partial charge in [0.15, 0.2) is 0 Å². The summed E-state index contributed by atoms with van der Waals surface area (Å²) in [6.45, 7) is 14.3. The summed E-state index contributed by atoms with van der Waals surface area (Å²) >= 11 is 1.43. The van der Waals surface area contributed by atoms with Crippen LogP contribution in [0.3, 0.4) is 0 Å². The van der Waals surface area contributed by atoms with E-state index in [0.29, 0.717) is 22.7 Å². The van der Waals surface area contributed by atoms with Gasteiger partial charge in [-0.3, -0.25) is 14.8 Å². The number of carbonyl (C=O) groups is 2. The zero-order chi connectivity index (χ0) is 27.1. The Labute approximate surface area is 223 Å². The molecule has 0 spiro atoms. The number of carboxylic acid groups (broad SMARTS) is 1. The minimum absolute atomic E-state index is 0.0520. The maximum atomic E-state index is 14.4. The largest absolute Gasteiger partial charge is 0.479 e. The van der Waals surface area contributed by atoms with Gasteiger partial charge in [-0.05, 0) is 61.3 Å². The van der Waals surface area contributed by atoms with Gasteiger partial charge in [0, 0.05) is 35.5 Å². The molecule has 1 fully saturated rings. The van der Waals surface area contributed by atoms with Gasteiger partial charge in [0.2, 0.25) is 0 Å². The van der Waals surface area contributed by atoms with E-state index in [1.54, 1.807) is 23.5 Å². The maximum Gasteiger partial charge on any atom is 0.329 e. The van der Waals surface area contributed by atoms with Crippen molar-refractivity contribution in [3.63, 3.8) is 0 Å². The predicted octanol–water partition coefficient (Wildman–Crippen LogP) is 6.09. The van der Waals surface area contributed by atoms with E-state index in [1.165, 1.54) is 11.3 Å². The van der Waals surface area contributed by atoms with Crippen molar-refractivity contribution < 1.29 is 14.7 Å². The van der Waals surface area contributed by atoms with Gasteiger partial charge in [-0.25, -0.2) is 9.78 Å². The Morgan fingerprint density at radius 1 is 1.16 bits per heavy atom. The summed E-state index contributed by atoms with van der Waals surface area (Å²) in [7, 11) is 0. The Balaban J connectivity index is 1.92. The Morgan fingerprint density at radius 2 is 1.89 bits per heavy atom. The molecule has 1 aliphatic heterocycles. The smallest absolute Gasteiger partial charge is 0.329 e. The molecule has 37 heavy (non-hydrogen) atoms. The standard InChI is InChI=1S/C29H36N4O3S/c1-17(2)13-29(27(35)36)14-21(23-16-31-19(4)15-32-23)24(25-30-10-11-37-25)33(29)26(34)20-8-9-22(18(3)12-20)28(5,6)7/h8-12,15-17,21,24H,13-14H2,1-7H3,(H,35,36)/t21-,24-,29+/m1/s1. The average Bonchev–Trinajstić information content (AvgIpc) is 3.44. The molecular weight excluding hydrogens is 484 g/mol. The lowest BCUT2D eigenvalue weighted by Gasteiger charge is -2.39. The number of hydrogen-bond acceptors (Lipinski definition) is 6. The molecular formula is C29H36N4O3S. The van der Waals surface area contributed by atoms with E-state index in [1.807, 2.05) is 51.3 Å². The fourth-order valence-corrected chi connectivity index (χ4v) is 6.57. The number of aliphatic carboxylic acids is 1. The summed E-state index contributed by atoms with van der Waals surface area (Å²) in [5.41, 5.74) is 2.62. The van der Waals surface area contributed by atoms with E-state index < -0.39 is 17.6 Å². The second-order valence-corrected chi connectivity index (χ2v) is 12.5. The number of nitrogens with zero attached hydrogens (tertiary/aromatic N) is 4. The number of thiazole rings is 1. The van der Waals surface area contributed by atoms with Crippen LogP contribution in [0.15, 0.2) is 42.2 Å². The zero-order valence-electron chi connectivity index (χ0n) is 22.6. The van der Waals surface area contributed by atoms with Crippen LogP contribution in [0.5, 0.6) is 0 Å². The van der Waals surface area contributed by atoms with Crippen molar-refractivity contribution in [3.05, 3.63) is 75.3 Å². The third-order valence-electron chi connectivity index (χ3n) is 7.21. The van der Waals surface area contributed by atoms with Crippen LogP contribution in [0.1, 0.15) is 97.3 Å². The summed E-state index contributed by atoms with van der Waals surface area (Å²) in [6.07, 6.45) is 5.67. The first-order valence-corrected chi connectivity index (χ1v) is 13.6. The molecule has 1 amide bonds. The van der Waals surface area contributed by atoms with E-state index >= 15 is 0 Å².